The van der Waals surface area contributed by atoms with Crippen molar-refractivity contribution in [1.29, 1.82) is 5.26 Å². The number of amides is 1. The van der Waals surface area contributed by atoms with Crippen LogP contribution in [0, 0.1) is 11.3 Å². The molecule has 1 N–H and O–H groups in total. The molecule has 0 aromatic rings. The maximum absolute atomic E-state index is 10.7. The van der Waals surface area contributed by atoms with Crippen molar-refractivity contribution < 1.29 is 9.90 Å². The van der Waals surface area contributed by atoms with Crippen molar-refractivity contribution in [3.05, 3.63) is 0 Å². The molecule has 0 saturated carbocycles. The van der Waals surface area contributed by atoms with Crippen molar-refractivity contribution in [3.63, 3.8) is 0 Å². The van der Waals surface area contributed by atoms with Gasteiger partial charge in [-0.3, -0.25) is 4.79 Å². The Balaban J connectivity index is 3.62. The zero-order valence-corrected chi connectivity index (χ0v) is 5.87. The summed E-state index contributed by atoms with van der Waals surface area (Å²) in [7, 11) is 1.55. The highest BCUT2D eigenvalue weighted by atomic mass is 16.3. The fourth-order valence-electron chi connectivity index (χ4n) is 0.477. The summed E-state index contributed by atoms with van der Waals surface area (Å²) in [6.45, 7) is 0.230. The van der Waals surface area contributed by atoms with Gasteiger partial charge in [-0.15, -0.1) is 0 Å². The van der Waals surface area contributed by atoms with Crippen molar-refractivity contribution in [2.45, 2.75) is 6.42 Å². The molecule has 1 amide bonds. The molecule has 0 atom stereocenters. The average molecular weight is 142 g/mol. The van der Waals surface area contributed by atoms with Crippen molar-refractivity contribution in [2.75, 3.05) is 20.2 Å². The predicted octanol–water partition coefficient (Wildman–Crippen LogP) is -0.649. The van der Waals surface area contributed by atoms with Crippen LogP contribution in [0.3, 0.4) is 0 Å². The van der Waals surface area contributed by atoms with Crippen LogP contribution in [0.15, 0.2) is 0 Å². The lowest BCUT2D eigenvalue weighted by Crippen LogP contribution is -2.28. The Labute approximate surface area is 59.7 Å². The first-order chi connectivity index (χ1) is 4.72. The molecule has 10 heavy (non-hydrogen) atoms. The van der Waals surface area contributed by atoms with E-state index < -0.39 is 0 Å². The number of nitriles is 1. The van der Waals surface area contributed by atoms with Crippen LogP contribution in [0.5, 0.6) is 0 Å². The third-order valence-corrected chi connectivity index (χ3v) is 1.09. The van der Waals surface area contributed by atoms with E-state index in [2.05, 4.69) is 0 Å². The minimum absolute atomic E-state index is 0.0618. The number of carbonyl (C=O) groups is 1. The zero-order chi connectivity index (χ0) is 7.98. The number of aliphatic hydroxyl groups excluding tert-OH is 1. The van der Waals surface area contributed by atoms with Crippen LogP contribution in [0.25, 0.3) is 0 Å². The minimum Gasteiger partial charge on any atom is -0.395 e. The molecule has 4 heteroatoms. The van der Waals surface area contributed by atoms with E-state index >= 15 is 0 Å². The van der Waals surface area contributed by atoms with E-state index in [1.54, 1.807) is 13.1 Å². The number of carbonyl (C=O) groups excluding carboxylic acids is 1. The van der Waals surface area contributed by atoms with E-state index in [0.717, 1.165) is 0 Å². The van der Waals surface area contributed by atoms with Gasteiger partial charge in [0.25, 0.3) is 0 Å². The lowest BCUT2D eigenvalue weighted by atomic mass is 10.4. The van der Waals surface area contributed by atoms with Gasteiger partial charge < -0.3 is 10.0 Å². The zero-order valence-electron chi connectivity index (χ0n) is 5.87. The van der Waals surface area contributed by atoms with Gasteiger partial charge in [-0.1, -0.05) is 0 Å². The highest BCUT2D eigenvalue weighted by Crippen LogP contribution is 1.87. The largest absolute Gasteiger partial charge is 0.395 e. The second-order valence-corrected chi connectivity index (χ2v) is 1.87. The number of nitrogens with zero attached hydrogens (tertiary/aromatic N) is 2. The van der Waals surface area contributed by atoms with Gasteiger partial charge in [0.05, 0.1) is 12.7 Å². The second kappa shape index (κ2) is 4.77. The predicted molar refractivity (Wildman–Crippen MR) is 35.0 cm³/mol. The standard InChI is InChI=1S/C6H10N2O2/c1-8(4-5-9)6(10)2-3-7/h9H,2,4-5H2,1H3. The lowest BCUT2D eigenvalue weighted by molar-refractivity contribution is -0.129. The Kier molecular flexibility index (Phi) is 4.25. The van der Waals surface area contributed by atoms with Gasteiger partial charge in [-0.05, 0) is 0 Å². The molecule has 0 aliphatic carbocycles. The SMILES string of the molecule is CN(CCO)C(=O)CC#N. The van der Waals surface area contributed by atoms with Crippen LogP contribution < -0.4 is 0 Å². The molecular weight excluding hydrogens is 132 g/mol. The fourth-order valence-corrected chi connectivity index (χ4v) is 0.477. The van der Waals surface area contributed by atoms with Crippen LogP contribution in [0.4, 0.5) is 0 Å². The van der Waals surface area contributed by atoms with Gasteiger partial charge in [-0.25, -0.2) is 0 Å². The molecule has 0 rings (SSSR count). The van der Waals surface area contributed by atoms with Gasteiger partial charge in [0.1, 0.15) is 6.42 Å². The highest BCUT2D eigenvalue weighted by Gasteiger charge is 2.05. The number of rotatable bonds is 3. The third kappa shape index (κ3) is 3.05. The monoisotopic (exact) mass is 142 g/mol. The number of hydrogen-bond donors (Lipinski definition) is 1. The Bertz CT molecular complexity index is 150. The van der Waals surface area contributed by atoms with Crippen LogP contribution >= 0.6 is 0 Å². The van der Waals surface area contributed by atoms with E-state index in [0.29, 0.717) is 6.54 Å². The molecule has 0 spiro atoms. The second-order valence-electron chi connectivity index (χ2n) is 1.87. The summed E-state index contributed by atoms with van der Waals surface area (Å²) in [4.78, 5) is 12.0. The van der Waals surface area contributed by atoms with Gasteiger partial charge in [-0.2, -0.15) is 5.26 Å². The van der Waals surface area contributed by atoms with Crippen molar-refractivity contribution in [2.24, 2.45) is 0 Å². The quantitative estimate of drug-likeness (QED) is 0.569. The molecule has 0 aromatic heterocycles. The Hall–Kier alpha value is -1.08. The summed E-state index contributed by atoms with van der Waals surface area (Å²) < 4.78 is 0. The maximum Gasteiger partial charge on any atom is 0.236 e. The molecule has 0 fully saturated rings. The average Bonchev–Trinajstić information content (AvgIpc) is 1.89. The molecular formula is C6H10N2O2. The lowest BCUT2D eigenvalue weighted by Gasteiger charge is -2.12. The maximum atomic E-state index is 10.7. The summed E-state index contributed by atoms with van der Waals surface area (Å²) >= 11 is 0. The Morgan fingerprint density at radius 1 is 1.80 bits per heavy atom. The molecule has 0 aliphatic heterocycles. The first-order valence-corrected chi connectivity index (χ1v) is 2.94. The van der Waals surface area contributed by atoms with Gasteiger partial charge in [0.2, 0.25) is 5.91 Å². The Morgan fingerprint density at radius 2 is 2.40 bits per heavy atom. The molecule has 0 aliphatic rings. The van der Waals surface area contributed by atoms with Crippen LogP contribution in [0.1, 0.15) is 6.42 Å². The van der Waals surface area contributed by atoms with Crippen molar-refractivity contribution in [1.82, 2.24) is 4.90 Å². The first kappa shape index (κ1) is 8.92. The topological polar surface area (TPSA) is 64.3 Å². The fraction of sp³-hybridized carbons (Fsp3) is 0.667. The molecule has 0 heterocycles. The molecule has 56 valence electrons. The molecule has 0 radical (unpaired) electrons. The number of hydrogen-bond acceptors (Lipinski definition) is 3. The van der Waals surface area contributed by atoms with Gasteiger partial charge in [0, 0.05) is 13.6 Å². The third-order valence-electron chi connectivity index (χ3n) is 1.09. The first-order valence-electron chi connectivity index (χ1n) is 2.94. The number of aliphatic hydroxyl groups is 1. The molecule has 0 saturated heterocycles. The summed E-state index contributed by atoms with van der Waals surface area (Å²) in [5, 5.41) is 16.5. The van der Waals surface area contributed by atoms with Crippen molar-refractivity contribution in [3.8, 4) is 6.07 Å². The number of likely N-dealkylation sites (N-methyl/N-ethyl adjacent to an activating group) is 1. The highest BCUT2D eigenvalue weighted by molar-refractivity contribution is 5.77. The molecule has 0 bridgehead atoms. The van der Waals surface area contributed by atoms with E-state index in [4.69, 9.17) is 10.4 Å². The summed E-state index contributed by atoms with van der Waals surface area (Å²) in [6.07, 6.45) is -0.115. The van der Waals surface area contributed by atoms with Gasteiger partial charge >= 0.3 is 0 Å². The molecule has 0 aromatic carbocycles. The minimum atomic E-state index is -0.253. The van der Waals surface area contributed by atoms with Crippen LogP contribution in [-0.2, 0) is 4.79 Å². The van der Waals surface area contributed by atoms with Gasteiger partial charge in [0.15, 0.2) is 0 Å². The molecule has 4 nitrogen and oxygen atoms in total. The molecule has 0 unspecified atom stereocenters. The van der Waals surface area contributed by atoms with E-state index in [1.165, 1.54) is 4.90 Å². The summed E-state index contributed by atoms with van der Waals surface area (Å²) in [5.74, 6) is -0.253. The van der Waals surface area contributed by atoms with Crippen LogP contribution in [-0.4, -0.2) is 36.1 Å². The normalized spacial score (nSPS) is 8.50. The Morgan fingerprint density at radius 3 is 2.80 bits per heavy atom. The smallest absolute Gasteiger partial charge is 0.236 e. The van der Waals surface area contributed by atoms with E-state index in [9.17, 15) is 4.79 Å². The van der Waals surface area contributed by atoms with E-state index in [-0.39, 0.29) is 18.9 Å². The summed E-state index contributed by atoms with van der Waals surface area (Å²) in [5.41, 5.74) is 0. The van der Waals surface area contributed by atoms with Crippen LogP contribution in [0.2, 0.25) is 0 Å². The van der Waals surface area contributed by atoms with E-state index in [1.807, 2.05) is 0 Å². The van der Waals surface area contributed by atoms with Crippen molar-refractivity contribution >= 4 is 5.91 Å². The summed E-state index contributed by atoms with van der Waals surface area (Å²) in [6, 6.07) is 1.73.